The number of carboxylic acids is 1. The molecular weight excluding hydrogens is 204 g/mol. The van der Waals surface area contributed by atoms with E-state index in [2.05, 4.69) is 4.18 Å². The second kappa shape index (κ2) is 5.12. The average molecular weight is 214 g/mol. The summed E-state index contributed by atoms with van der Waals surface area (Å²) in [6, 6.07) is 0. The lowest BCUT2D eigenvalue weighted by Gasteiger charge is -2.05. The van der Waals surface area contributed by atoms with Crippen LogP contribution < -0.4 is 0 Å². The van der Waals surface area contributed by atoms with Crippen molar-refractivity contribution in [3.63, 3.8) is 0 Å². The summed E-state index contributed by atoms with van der Waals surface area (Å²) in [7, 11) is -4.51. The van der Waals surface area contributed by atoms with Crippen molar-refractivity contribution in [1.82, 2.24) is 0 Å². The minimum absolute atomic E-state index is 0.175. The van der Waals surface area contributed by atoms with E-state index >= 15 is 0 Å². The standard InChI is InChI=1S/C5H10O7S/c6-4(3-5(7)8)1-2-12-13(9,10)11/h4,6H,1-3H2,(H,7,8)(H,9,10,11). The molecule has 7 nitrogen and oxygen atoms in total. The maximum absolute atomic E-state index is 10.0. The number of aliphatic carboxylic acids is 1. The number of aliphatic hydroxyl groups is 1. The minimum Gasteiger partial charge on any atom is -0.481 e. The van der Waals surface area contributed by atoms with E-state index in [1.54, 1.807) is 0 Å². The van der Waals surface area contributed by atoms with Crippen LogP contribution in [0, 0.1) is 0 Å². The van der Waals surface area contributed by atoms with Crippen molar-refractivity contribution in [2.24, 2.45) is 0 Å². The van der Waals surface area contributed by atoms with Crippen LogP contribution in [0.25, 0.3) is 0 Å². The van der Waals surface area contributed by atoms with E-state index in [4.69, 9.17) is 14.8 Å². The van der Waals surface area contributed by atoms with Gasteiger partial charge in [-0.05, 0) is 6.42 Å². The molecule has 0 fully saturated rings. The van der Waals surface area contributed by atoms with E-state index in [0.717, 1.165) is 0 Å². The van der Waals surface area contributed by atoms with Crippen molar-refractivity contribution in [3.8, 4) is 0 Å². The van der Waals surface area contributed by atoms with Gasteiger partial charge in [-0.2, -0.15) is 8.42 Å². The first-order chi connectivity index (χ1) is 5.81. The van der Waals surface area contributed by atoms with E-state index in [1.807, 2.05) is 0 Å². The molecule has 8 heteroatoms. The molecule has 0 aromatic rings. The third kappa shape index (κ3) is 9.21. The highest BCUT2D eigenvalue weighted by Crippen LogP contribution is 1.99. The van der Waals surface area contributed by atoms with E-state index in [-0.39, 0.29) is 6.42 Å². The Kier molecular flexibility index (Phi) is 4.85. The predicted molar refractivity (Wildman–Crippen MR) is 40.4 cm³/mol. The number of hydrogen-bond acceptors (Lipinski definition) is 5. The minimum atomic E-state index is -4.51. The van der Waals surface area contributed by atoms with Crippen molar-refractivity contribution in [1.29, 1.82) is 0 Å². The highest BCUT2D eigenvalue weighted by Gasteiger charge is 2.11. The molecule has 0 aromatic carbocycles. The Bertz CT molecular complexity index is 256. The summed E-state index contributed by atoms with van der Waals surface area (Å²) < 4.78 is 31.9. The van der Waals surface area contributed by atoms with Crippen LogP contribution in [-0.2, 0) is 19.4 Å². The van der Waals surface area contributed by atoms with Crippen LogP contribution in [0.2, 0.25) is 0 Å². The van der Waals surface area contributed by atoms with Crippen LogP contribution in [0.4, 0.5) is 0 Å². The molecule has 0 radical (unpaired) electrons. The van der Waals surface area contributed by atoms with Crippen LogP contribution in [0.3, 0.4) is 0 Å². The lowest BCUT2D eigenvalue weighted by molar-refractivity contribution is -0.139. The first-order valence-electron chi connectivity index (χ1n) is 3.33. The van der Waals surface area contributed by atoms with Crippen molar-refractivity contribution in [2.45, 2.75) is 18.9 Å². The number of rotatable bonds is 6. The van der Waals surface area contributed by atoms with Gasteiger partial charge < -0.3 is 10.2 Å². The topological polar surface area (TPSA) is 121 Å². The summed E-state index contributed by atoms with van der Waals surface area (Å²) in [5, 5.41) is 17.1. The zero-order valence-electron chi connectivity index (χ0n) is 6.58. The number of carbonyl (C=O) groups is 1. The summed E-state index contributed by atoms with van der Waals surface area (Å²) >= 11 is 0. The summed E-state index contributed by atoms with van der Waals surface area (Å²) in [6.45, 7) is -0.451. The number of carboxylic acid groups (broad SMARTS) is 1. The zero-order chi connectivity index (χ0) is 10.5. The van der Waals surface area contributed by atoms with Gasteiger partial charge in [0.15, 0.2) is 0 Å². The Labute approximate surface area is 74.9 Å². The van der Waals surface area contributed by atoms with Gasteiger partial charge in [0.05, 0.1) is 19.1 Å². The van der Waals surface area contributed by atoms with Gasteiger partial charge in [-0.25, -0.2) is 4.18 Å². The maximum Gasteiger partial charge on any atom is 0.397 e. The molecule has 0 aliphatic rings. The molecule has 0 aliphatic carbocycles. The smallest absolute Gasteiger partial charge is 0.397 e. The van der Waals surface area contributed by atoms with Crippen LogP contribution >= 0.6 is 0 Å². The van der Waals surface area contributed by atoms with Crippen molar-refractivity contribution < 1.29 is 32.2 Å². The highest BCUT2D eigenvalue weighted by molar-refractivity contribution is 7.80. The van der Waals surface area contributed by atoms with E-state index in [1.165, 1.54) is 0 Å². The summed E-state index contributed by atoms with van der Waals surface area (Å²) in [4.78, 5) is 10.0. The molecule has 0 saturated heterocycles. The quantitative estimate of drug-likeness (QED) is 0.486. The second-order valence-electron chi connectivity index (χ2n) is 2.29. The van der Waals surface area contributed by atoms with E-state index in [0.29, 0.717) is 0 Å². The number of hydrogen-bond donors (Lipinski definition) is 3. The van der Waals surface area contributed by atoms with Crippen LogP contribution in [-0.4, -0.2) is 41.9 Å². The molecule has 78 valence electrons. The van der Waals surface area contributed by atoms with Gasteiger partial charge in [0.1, 0.15) is 0 Å². The molecule has 0 spiro atoms. The largest absolute Gasteiger partial charge is 0.481 e. The molecule has 1 atom stereocenters. The lowest BCUT2D eigenvalue weighted by atomic mass is 10.2. The van der Waals surface area contributed by atoms with Gasteiger partial charge in [0.25, 0.3) is 0 Å². The summed E-state index contributed by atoms with van der Waals surface area (Å²) in [5.74, 6) is -1.20. The molecular formula is C5H10O7S. The molecule has 0 heterocycles. The fraction of sp³-hybridized carbons (Fsp3) is 0.800. The van der Waals surface area contributed by atoms with Crippen LogP contribution in [0.1, 0.15) is 12.8 Å². The van der Waals surface area contributed by atoms with Gasteiger partial charge in [0.2, 0.25) is 0 Å². The Balaban J connectivity index is 3.60. The first kappa shape index (κ1) is 12.3. The molecule has 0 amide bonds. The SMILES string of the molecule is O=C(O)CC(O)CCOS(=O)(=O)O. The van der Waals surface area contributed by atoms with Crippen molar-refractivity contribution >= 4 is 16.4 Å². The number of aliphatic hydroxyl groups excluding tert-OH is 1. The predicted octanol–water partition coefficient (Wildman–Crippen LogP) is -0.968. The summed E-state index contributed by atoms with van der Waals surface area (Å²) in [6.07, 6.45) is -1.85. The molecule has 0 rings (SSSR count). The molecule has 0 bridgehead atoms. The first-order valence-corrected chi connectivity index (χ1v) is 4.69. The Morgan fingerprint density at radius 2 is 2.00 bits per heavy atom. The van der Waals surface area contributed by atoms with Gasteiger partial charge in [-0.15, -0.1) is 0 Å². The molecule has 3 N–H and O–H groups in total. The van der Waals surface area contributed by atoms with Crippen molar-refractivity contribution in [2.75, 3.05) is 6.61 Å². The monoisotopic (exact) mass is 214 g/mol. The Hall–Kier alpha value is -0.700. The normalized spacial score (nSPS) is 14.0. The average Bonchev–Trinajstić information content (AvgIpc) is 1.81. The highest BCUT2D eigenvalue weighted by atomic mass is 32.3. The van der Waals surface area contributed by atoms with Gasteiger partial charge in [-0.3, -0.25) is 9.35 Å². The van der Waals surface area contributed by atoms with Crippen LogP contribution in [0.5, 0.6) is 0 Å². The molecule has 0 aliphatic heterocycles. The molecule has 0 saturated carbocycles. The van der Waals surface area contributed by atoms with Gasteiger partial charge in [0, 0.05) is 0 Å². The fourth-order valence-corrected chi connectivity index (χ4v) is 0.900. The Morgan fingerprint density at radius 1 is 1.46 bits per heavy atom. The van der Waals surface area contributed by atoms with E-state index < -0.39 is 35.5 Å². The Morgan fingerprint density at radius 3 is 2.38 bits per heavy atom. The third-order valence-electron chi connectivity index (χ3n) is 1.09. The van der Waals surface area contributed by atoms with Crippen molar-refractivity contribution in [3.05, 3.63) is 0 Å². The molecule has 13 heavy (non-hydrogen) atoms. The summed E-state index contributed by atoms with van der Waals surface area (Å²) in [5.41, 5.74) is 0. The third-order valence-corrected chi connectivity index (χ3v) is 1.56. The van der Waals surface area contributed by atoms with Gasteiger partial charge in [-0.1, -0.05) is 0 Å². The second-order valence-corrected chi connectivity index (χ2v) is 3.38. The zero-order valence-corrected chi connectivity index (χ0v) is 7.40. The molecule has 0 aromatic heterocycles. The lowest BCUT2D eigenvalue weighted by Crippen LogP contribution is -2.16. The van der Waals surface area contributed by atoms with Gasteiger partial charge >= 0.3 is 16.4 Å². The maximum atomic E-state index is 10.0. The molecule has 1 unspecified atom stereocenters. The van der Waals surface area contributed by atoms with E-state index in [9.17, 15) is 13.2 Å². The fourth-order valence-electron chi connectivity index (χ4n) is 0.593. The van der Waals surface area contributed by atoms with Crippen LogP contribution in [0.15, 0.2) is 0 Å².